The van der Waals surface area contributed by atoms with Crippen molar-refractivity contribution in [3.63, 3.8) is 0 Å². The van der Waals surface area contributed by atoms with Crippen LogP contribution in [0.2, 0.25) is 5.02 Å². The van der Waals surface area contributed by atoms with E-state index in [9.17, 15) is 9.18 Å². The van der Waals surface area contributed by atoms with Gasteiger partial charge in [0, 0.05) is 0 Å². The maximum Gasteiger partial charge on any atom is 0.339 e. The van der Waals surface area contributed by atoms with E-state index in [1.54, 1.807) is 12.1 Å². The Hall–Kier alpha value is -2.27. The van der Waals surface area contributed by atoms with Gasteiger partial charge in [-0.25, -0.2) is 9.18 Å². The van der Waals surface area contributed by atoms with Crippen molar-refractivity contribution in [1.29, 1.82) is 0 Å². The third kappa shape index (κ3) is 3.44. The van der Waals surface area contributed by atoms with Crippen molar-refractivity contribution in [2.75, 3.05) is 7.11 Å². The summed E-state index contributed by atoms with van der Waals surface area (Å²) < 4.78 is 23.9. The van der Waals surface area contributed by atoms with Crippen molar-refractivity contribution in [2.24, 2.45) is 0 Å². The van der Waals surface area contributed by atoms with Crippen molar-refractivity contribution in [3.05, 3.63) is 58.4 Å². The molecule has 0 atom stereocenters. The Labute approximate surface area is 125 Å². The minimum absolute atomic E-state index is 0.00944. The van der Waals surface area contributed by atoms with E-state index in [1.165, 1.54) is 31.4 Å². The maximum absolute atomic E-state index is 13.7. The third-order valence-electron chi connectivity index (χ3n) is 2.80. The molecule has 0 saturated carbocycles. The van der Waals surface area contributed by atoms with Gasteiger partial charge in [0.05, 0.1) is 12.1 Å². The van der Waals surface area contributed by atoms with Crippen LogP contribution in [0.3, 0.4) is 0 Å². The van der Waals surface area contributed by atoms with E-state index in [0.717, 1.165) is 0 Å². The molecule has 2 rings (SSSR count). The summed E-state index contributed by atoms with van der Waals surface area (Å²) in [5.74, 6) is -1.50. The summed E-state index contributed by atoms with van der Waals surface area (Å²) in [5, 5.41) is 9.05. The second-order valence-corrected chi connectivity index (χ2v) is 4.59. The van der Waals surface area contributed by atoms with Gasteiger partial charge in [0.15, 0.2) is 11.6 Å². The molecule has 0 aliphatic carbocycles. The van der Waals surface area contributed by atoms with Crippen LogP contribution < -0.4 is 9.47 Å². The lowest BCUT2D eigenvalue weighted by Crippen LogP contribution is -2.04. The maximum atomic E-state index is 13.7. The van der Waals surface area contributed by atoms with E-state index in [-0.39, 0.29) is 28.7 Å². The van der Waals surface area contributed by atoms with Gasteiger partial charge in [-0.15, -0.1) is 0 Å². The highest BCUT2D eigenvalue weighted by Crippen LogP contribution is 2.26. The number of rotatable bonds is 5. The van der Waals surface area contributed by atoms with Gasteiger partial charge >= 0.3 is 5.97 Å². The number of benzene rings is 2. The van der Waals surface area contributed by atoms with Crippen molar-refractivity contribution >= 4 is 17.6 Å². The fourth-order valence-electron chi connectivity index (χ4n) is 1.77. The normalized spacial score (nSPS) is 10.2. The molecule has 0 aliphatic rings. The van der Waals surface area contributed by atoms with Gasteiger partial charge in [-0.05, 0) is 29.8 Å². The first-order valence-corrected chi connectivity index (χ1v) is 6.37. The number of hydrogen-bond acceptors (Lipinski definition) is 3. The Morgan fingerprint density at radius 3 is 2.71 bits per heavy atom. The minimum Gasteiger partial charge on any atom is -0.496 e. The van der Waals surface area contributed by atoms with Crippen LogP contribution in [0.4, 0.5) is 4.39 Å². The van der Waals surface area contributed by atoms with Crippen LogP contribution >= 0.6 is 11.6 Å². The first-order valence-electron chi connectivity index (χ1n) is 6.00. The summed E-state index contributed by atoms with van der Waals surface area (Å²) in [6.07, 6.45) is 0. The van der Waals surface area contributed by atoms with Gasteiger partial charge in [0.1, 0.15) is 17.9 Å². The number of ether oxygens (including phenoxy) is 2. The molecule has 0 fully saturated rings. The van der Waals surface area contributed by atoms with Crippen LogP contribution in [0.25, 0.3) is 0 Å². The first-order chi connectivity index (χ1) is 10.0. The molecule has 2 aromatic rings. The summed E-state index contributed by atoms with van der Waals surface area (Å²) in [6.45, 7) is 0.0154. The number of aromatic carboxylic acids is 1. The molecule has 0 amide bonds. The summed E-state index contributed by atoms with van der Waals surface area (Å²) in [7, 11) is 1.39. The Morgan fingerprint density at radius 1 is 1.29 bits per heavy atom. The van der Waals surface area contributed by atoms with E-state index >= 15 is 0 Å². The fourth-order valence-corrected chi connectivity index (χ4v) is 1.93. The third-order valence-corrected chi connectivity index (χ3v) is 3.10. The average molecular weight is 311 g/mol. The fraction of sp³-hybridized carbons (Fsp3) is 0.133. The van der Waals surface area contributed by atoms with E-state index < -0.39 is 11.8 Å². The molecule has 0 aliphatic heterocycles. The summed E-state index contributed by atoms with van der Waals surface area (Å²) in [6, 6.07) is 9.02. The van der Waals surface area contributed by atoms with Gasteiger partial charge in [0.2, 0.25) is 0 Å². The smallest absolute Gasteiger partial charge is 0.339 e. The highest BCUT2D eigenvalue weighted by atomic mass is 35.5. The molecule has 0 aromatic heterocycles. The molecule has 110 valence electrons. The minimum atomic E-state index is -1.11. The lowest BCUT2D eigenvalue weighted by molar-refractivity contribution is 0.0693. The van der Waals surface area contributed by atoms with Crippen molar-refractivity contribution in [2.45, 2.75) is 6.61 Å². The second-order valence-electron chi connectivity index (χ2n) is 4.18. The quantitative estimate of drug-likeness (QED) is 0.913. The highest BCUT2D eigenvalue weighted by Gasteiger charge is 2.13. The van der Waals surface area contributed by atoms with Gasteiger partial charge < -0.3 is 14.6 Å². The molecule has 0 bridgehead atoms. The van der Waals surface area contributed by atoms with Gasteiger partial charge in [-0.3, -0.25) is 0 Å². The van der Waals surface area contributed by atoms with Crippen molar-refractivity contribution in [3.8, 4) is 11.5 Å². The second kappa shape index (κ2) is 6.45. The number of carbonyl (C=O) groups is 1. The van der Waals surface area contributed by atoms with E-state index in [0.29, 0.717) is 5.56 Å². The number of methoxy groups -OCH3 is 1. The van der Waals surface area contributed by atoms with E-state index in [1.807, 2.05) is 0 Å². The standard InChI is InChI=1S/C15H12ClFO4/c1-20-12-6-5-9(7-10(12)15(18)19)8-21-13-4-2-3-11(16)14(13)17/h2-7H,8H2,1H3,(H,18,19). The Kier molecular flexibility index (Phi) is 4.65. The van der Waals surface area contributed by atoms with Gasteiger partial charge in [-0.1, -0.05) is 23.7 Å². The van der Waals surface area contributed by atoms with Crippen LogP contribution in [0, 0.1) is 5.82 Å². The van der Waals surface area contributed by atoms with Gasteiger partial charge in [0.25, 0.3) is 0 Å². The number of carboxylic acids is 1. The Bertz CT molecular complexity index is 673. The van der Waals surface area contributed by atoms with Crippen molar-refractivity contribution in [1.82, 2.24) is 0 Å². The predicted molar refractivity (Wildman–Crippen MR) is 75.7 cm³/mol. The first kappa shape index (κ1) is 15.1. The Balaban J connectivity index is 2.19. The van der Waals surface area contributed by atoms with E-state index in [2.05, 4.69) is 0 Å². The zero-order valence-corrected chi connectivity index (χ0v) is 11.9. The molecule has 1 N–H and O–H groups in total. The molecule has 0 saturated heterocycles. The van der Waals surface area contributed by atoms with Crippen molar-refractivity contribution < 1.29 is 23.8 Å². The predicted octanol–water partition coefficient (Wildman–Crippen LogP) is 3.76. The SMILES string of the molecule is COc1ccc(COc2cccc(Cl)c2F)cc1C(=O)O. The molecule has 0 radical (unpaired) electrons. The molecule has 0 unspecified atom stereocenters. The molecule has 4 nitrogen and oxygen atoms in total. The van der Waals surface area contributed by atoms with Crippen LogP contribution in [0.15, 0.2) is 36.4 Å². The summed E-state index contributed by atoms with van der Waals surface area (Å²) in [4.78, 5) is 11.1. The molecule has 6 heteroatoms. The summed E-state index contributed by atoms with van der Waals surface area (Å²) >= 11 is 5.65. The van der Waals surface area contributed by atoms with Crippen LogP contribution in [0.1, 0.15) is 15.9 Å². The Morgan fingerprint density at radius 2 is 2.05 bits per heavy atom. The largest absolute Gasteiger partial charge is 0.496 e. The number of hydrogen-bond donors (Lipinski definition) is 1. The number of carboxylic acid groups (broad SMARTS) is 1. The molecule has 2 aromatic carbocycles. The zero-order chi connectivity index (χ0) is 15.4. The lowest BCUT2D eigenvalue weighted by Gasteiger charge is -2.10. The number of halogens is 2. The van der Waals surface area contributed by atoms with Crippen LogP contribution in [0.5, 0.6) is 11.5 Å². The van der Waals surface area contributed by atoms with Crippen LogP contribution in [-0.2, 0) is 6.61 Å². The lowest BCUT2D eigenvalue weighted by atomic mass is 10.1. The average Bonchev–Trinajstić information content (AvgIpc) is 2.48. The zero-order valence-electron chi connectivity index (χ0n) is 11.1. The summed E-state index contributed by atoms with van der Waals surface area (Å²) in [5.41, 5.74) is 0.595. The van der Waals surface area contributed by atoms with Crippen LogP contribution in [-0.4, -0.2) is 18.2 Å². The molecular weight excluding hydrogens is 299 g/mol. The monoisotopic (exact) mass is 310 g/mol. The molecule has 0 spiro atoms. The van der Waals surface area contributed by atoms with E-state index in [4.69, 9.17) is 26.2 Å². The van der Waals surface area contributed by atoms with Gasteiger partial charge in [-0.2, -0.15) is 0 Å². The molecule has 0 heterocycles. The highest BCUT2D eigenvalue weighted by molar-refractivity contribution is 6.30. The molecular formula is C15H12ClFO4. The molecule has 21 heavy (non-hydrogen) atoms. The topological polar surface area (TPSA) is 55.8 Å².